The molecule has 0 bridgehead atoms. The first-order valence-electron chi connectivity index (χ1n) is 6.62. The highest BCUT2D eigenvalue weighted by Crippen LogP contribution is 2.25. The zero-order chi connectivity index (χ0) is 13.7. The number of fused-ring (bicyclic) bond motifs is 1. The van der Waals surface area contributed by atoms with Crippen LogP contribution < -0.4 is 15.8 Å². The van der Waals surface area contributed by atoms with Crippen LogP contribution in [0.3, 0.4) is 0 Å². The summed E-state index contributed by atoms with van der Waals surface area (Å²) >= 11 is 0. The average Bonchev–Trinajstić information content (AvgIpc) is 2.37. The topological polar surface area (TPSA) is 84.2 Å². The van der Waals surface area contributed by atoms with Gasteiger partial charge in [0.2, 0.25) is 10.0 Å². The van der Waals surface area contributed by atoms with E-state index in [1.54, 1.807) is 0 Å². The number of hydrogen-bond acceptors (Lipinski definition) is 4. The molecule has 0 unspecified atom stereocenters. The molecule has 0 atom stereocenters. The maximum Gasteiger partial charge on any atom is 0.209 e. The Morgan fingerprint density at radius 1 is 1.37 bits per heavy atom. The second-order valence-electron chi connectivity index (χ2n) is 4.88. The average molecular weight is 283 g/mol. The summed E-state index contributed by atoms with van der Waals surface area (Å²) in [5.41, 5.74) is 3.86. The van der Waals surface area contributed by atoms with Gasteiger partial charge in [-0.05, 0) is 36.9 Å². The van der Waals surface area contributed by atoms with E-state index < -0.39 is 10.0 Å². The first kappa shape index (κ1) is 14.3. The normalized spacial score (nSPS) is 14.8. The first-order chi connectivity index (χ1) is 9.06. The number of benzene rings is 1. The first-order valence-corrected chi connectivity index (χ1v) is 8.33. The third-order valence-corrected chi connectivity index (χ3v) is 4.12. The number of hydrogen-bond donors (Lipinski definition) is 3. The molecule has 1 aliphatic rings. The van der Waals surface area contributed by atoms with Gasteiger partial charge in [0, 0.05) is 18.8 Å². The lowest BCUT2D eigenvalue weighted by atomic mass is 9.99. The molecular weight excluding hydrogens is 262 g/mol. The fraction of sp³-hybridized carbons (Fsp3) is 0.538. The number of nitrogens with one attached hydrogen (secondary N) is 2. The van der Waals surface area contributed by atoms with Crippen LogP contribution in [0.15, 0.2) is 18.2 Å². The zero-order valence-electron chi connectivity index (χ0n) is 11.0. The summed E-state index contributed by atoms with van der Waals surface area (Å²) < 4.78 is 21.6. The summed E-state index contributed by atoms with van der Waals surface area (Å²) in [5.74, 6) is 0.0329. The second-order valence-corrected chi connectivity index (χ2v) is 6.61. The lowest BCUT2D eigenvalue weighted by molar-refractivity contribution is 0.590. The van der Waals surface area contributed by atoms with Crippen molar-refractivity contribution in [3.8, 4) is 0 Å². The highest BCUT2D eigenvalue weighted by Gasteiger charge is 2.11. The molecular formula is C13H21N3O2S. The van der Waals surface area contributed by atoms with E-state index in [1.165, 1.54) is 23.2 Å². The molecule has 19 heavy (non-hydrogen) atoms. The number of aryl methyl sites for hydroxylation is 1. The number of primary sulfonamides is 1. The van der Waals surface area contributed by atoms with E-state index in [1.807, 2.05) is 0 Å². The van der Waals surface area contributed by atoms with Gasteiger partial charge < -0.3 is 10.6 Å². The molecule has 0 spiro atoms. The molecule has 106 valence electrons. The molecule has 1 heterocycles. The van der Waals surface area contributed by atoms with Crippen LogP contribution in [0.2, 0.25) is 0 Å². The van der Waals surface area contributed by atoms with Crippen molar-refractivity contribution in [2.24, 2.45) is 5.14 Å². The van der Waals surface area contributed by atoms with Gasteiger partial charge in [-0.25, -0.2) is 13.6 Å². The van der Waals surface area contributed by atoms with Gasteiger partial charge in [0.15, 0.2) is 0 Å². The molecule has 1 aliphatic heterocycles. The van der Waals surface area contributed by atoms with Crippen LogP contribution in [0.4, 0.5) is 5.69 Å². The van der Waals surface area contributed by atoms with Crippen LogP contribution in [-0.4, -0.2) is 27.3 Å². The van der Waals surface area contributed by atoms with Crippen molar-refractivity contribution in [3.05, 3.63) is 29.3 Å². The molecule has 0 amide bonds. The molecule has 2 rings (SSSR count). The van der Waals surface area contributed by atoms with Crippen LogP contribution in [0.25, 0.3) is 0 Å². The highest BCUT2D eigenvalue weighted by atomic mass is 32.2. The number of sulfonamides is 1. The van der Waals surface area contributed by atoms with Gasteiger partial charge in [-0.1, -0.05) is 18.2 Å². The third-order valence-electron chi connectivity index (χ3n) is 3.26. The van der Waals surface area contributed by atoms with Gasteiger partial charge >= 0.3 is 0 Å². The van der Waals surface area contributed by atoms with Crippen LogP contribution >= 0.6 is 0 Å². The minimum atomic E-state index is -3.34. The molecule has 5 nitrogen and oxygen atoms in total. The monoisotopic (exact) mass is 283 g/mol. The molecule has 0 saturated heterocycles. The van der Waals surface area contributed by atoms with Crippen molar-refractivity contribution in [2.45, 2.75) is 25.8 Å². The van der Waals surface area contributed by atoms with Crippen molar-refractivity contribution in [2.75, 3.05) is 24.2 Å². The quantitative estimate of drug-likeness (QED) is 0.675. The van der Waals surface area contributed by atoms with Crippen molar-refractivity contribution < 1.29 is 8.42 Å². The second kappa shape index (κ2) is 6.36. The van der Waals surface area contributed by atoms with E-state index in [0.29, 0.717) is 13.0 Å². The van der Waals surface area contributed by atoms with Crippen molar-refractivity contribution >= 4 is 15.7 Å². The Morgan fingerprint density at radius 3 is 3.00 bits per heavy atom. The molecule has 4 N–H and O–H groups in total. The van der Waals surface area contributed by atoms with E-state index in [-0.39, 0.29) is 5.75 Å². The van der Waals surface area contributed by atoms with Gasteiger partial charge in [-0.15, -0.1) is 0 Å². The molecule has 0 saturated carbocycles. The summed E-state index contributed by atoms with van der Waals surface area (Å²) in [6.07, 6.45) is 2.85. The Labute approximate surface area is 114 Å². The molecule has 0 aromatic heterocycles. The SMILES string of the molecule is NS(=O)(=O)CCCNCc1cccc2c1NCCC2. The number of anilines is 1. The lowest BCUT2D eigenvalue weighted by Gasteiger charge is -2.21. The fourth-order valence-corrected chi connectivity index (χ4v) is 2.90. The van der Waals surface area contributed by atoms with Gasteiger partial charge in [-0.2, -0.15) is 0 Å². The lowest BCUT2D eigenvalue weighted by Crippen LogP contribution is -2.23. The highest BCUT2D eigenvalue weighted by molar-refractivity contribution is 7.89. The Balaban J connectivity index is 1.83. The van der Waals surface area contributed by atoms with Crippen LogP contribution in [-0.2, 0) is 23.0 Å². The van der Waals surface area contributed by atoms with E-state index in [9.17, 15) is 8.42 Å². The Hall–Kier alpha value is -1.11. The van der Waals surface area contributed by atoms with E-state index in [2.05, 4.69) is 28.8 Å². The molecule has 1 aromatic carbocycles. The summed E-state index contributed by atoms with van der Waals surface area (Å²) in [6, 6.07) is 6.34. The van der Waals surface area contributed by atoms with Gasteiger partial charge in [0.1, 0.15) is 0 Å². The summed E-state index contributed by atoms with van der Waals surface area (Å²) in [4.78, 5) is 0. The zero-order valence-corrected chi connectivity index (χ0v) is 11.8. The van der Waals surface area contributed by atoms with Crippen molar-refractivity contribution in [1.29, 1.82) is 0 Å². The van der Waals surface area contributed by atoms with Crippen LogP contribution in [0.1, 0.15) is 24.0 Å². The van der Waals surface area contributed by atoms with E-state index >= 15 is 0 Å². The standard InChI is InChI=1S/C13H21N3O2S/c14-19(17,18)9-3-7-15-10-12-5-1-4-11-6-2-8-16-13(11)12/h1,4-5,15-16H,2-3,6-10H2,(H2,14,17,18). The molecule has 0 fully saturated rings. The van der Waals surface area contributed by atoms with Gasteiger partial charge in [0.25, 0.3) is 0 Å². The fourth-order valence-electron chi connectivity index (χ4n) is 2.35. The smallest absolute Gasteiger partial charge is 0.209 e. The predicted molar refractivity (Wildman–Crippen MR) is 77.6 cm³/mol. The minimum Gasteiger partial charge on any atom is -0.385 e. The largest absolute Gasteiger partial charge is 0.385 e. The molecule has 0 radical (unpaired) electrons. The Kier molecular flexibility index (Phi) is 4.79. The summed E-state index contributed by atoms with van der Waals surface area (Å²) in [7, 11) is -3.34. The van der Waals surface area contributed by atoms with E-state index in [0.717, 1.165) is 19.5 Å². The van der Waals surface area contributed by atoms with Crippen LogP contribution in [0, 0.1) is 0 Å². The Bertz CT molecular complexity index is 529. The van der Waals surface area contributed by atoms with E-state index in [4.69, 9.17) is 5.14 Å². The Morgan fingerprint density at radius 2 is 2.21 bits per heavy atom. The molecule has 0 aliphatic carbocycles. The summed E-state index contributed by atoms with van der Waals surface area (Å²) in [5, 5.41) is 11.7. The van der Waals surface area contributed by atoms with Gasteiger partial charge in [-0.3, -0.25) is 0 Å². The number of para-hydroxylation sites is 1. The molecule has 1 aromatic rings. The predicted octanol–water partition coefficient (Wildman–Crippen LogP) is 0.813. The summed E-state index contributed by atoms with van der Waals surface area (Å²) in [6.45, 7) is 2.43. The molecule has 6 heteroatoms. The third kappa shape index (κ3) is 4.49. The maximum atomic E-state index is 10.8. The minimum absolute atomic E-state index is 0.0329. The maximum absolute atomic E-state index is 10.8. The van der Waals surface area contributed by atoms with Gasteiger partial charge in [0.05, 0.1) is 5.75 Å². The van der Waals surface area contributed by atoms with Crippen molar-refractivity contribution in [1.82, 2.24) is 5.32 Å². The number of rotatable bonds is 6. The number of nitrogens with two attached hydrogens (primary N) is 1. The van der Waals surface area contributed by atoms with Crippen LogP contribution in [0.5, 0.6) is 0 Å². The van der Waals surface area contributed by atoms with Crippen molar-refractivity contribution in [3.63, 3.8) is 0 Å².